The standard InChI is InChI=1S/C12H19N3O2S/c1-2-15-11(9-6-4-3-5-7-9)13-14-12(15)18-8-10(16)17/h9H,2-8H2,1H3,(H,16,17)/p-1. The molecule has 0 aliphatic heterocycles. The summed E-state index contributed by atoms with van der Waals surface area (Å²) < 4.78 is 2.05. The molecule has 0 bridgehead atoms. The minimum absolute atomic E-state index is 0.0667. The van der Waals surface area contributed by atoms with Crippen LogP contribution in [0.15, 0.2) is 5.16 Å². The van der Waals surface area contributed by atoms with Crippen LogP contribution in [-0.4, -0.2) is 26.5 Å². The van der Waals surface area contributed by atoms with Crippen molar-refractivity contribution in [3.8, 4) is 0 Å². The molecule has 100 valence electrons. The molecule has 18 heavy (non-hydrogen) atoms. The molecule has 1 aliphatic rings. The Morgan fingerprint density at radius 3 is 2.72 bits per heavy atom. The molecule has 0 amide bonds. The van der Waals surface area contributed by atoms with Gasteiger partial charge < -0.3 is 14.5 Å². The molecule has 0 spiro atoms. The zero-order valence-corrected chi connectivity index (χ0v) is 11.4. The first-order valence-electron chi connectivity index (χ1n) is 6.48. The summed E-state index contributed by atoms with van der Waals surface area (Å²) in [5, 5.41) is 19.6. The third-order valence-corrected chi connectivity index (χ3v) is 4.29. The lowest BCUT2D eigenvalue weighted by molar-refractivity contribution is -0.301. The average molecular weight is 268 g/mol. The topological polar surface area (TPSA) is 70.8 Å². The Kier molecular flexibility index (Phi) is 4.63. The van der Waals surface area contributed by atoms with Gasteiger partial charge in [-0.05, 0) is 19.8 Å². The van der Waals surface area contributed by atoms with Crippen LogP contribution in [0.3, 0.4) is 0 Å². The van der Waals surface area contributed by atoms with Crippen molar-refractivity contribution in [2.24, 2.45) is 0 Å². The van der Waals surface area contributed by atoms with Crippen molar-refractivity contribution in [2.45, 2.75) is 56.6 Å². The third-order valence-electron chi connectivity index (χ3n) is 3.35. The SMILES string of the molecule is CCn1c(SCC(=O)[O-])nnc1C1CCCCC1. The van der Waals surface area contributed by atoms with Gasteiger partial charge in [0.05, 0.1) is 5.97 Å². The summed E-state index contributed by atoms with van der Waals surface area (Å²) in [5.74, 6) is 0.384. The van der Waals surface area contributed by atoms with E-state index < -0.39 is 5.97 Å². The Morgan fingerprint density at radius 2 is 2.11 bits per heavy atom. The molecule has 0 saturated heterocycles. The van der Waals surface area contributed by atoms with Crippen LogP contribution in [0.2, 0.25) is 0 Å². The number of aliphatic carboxylic acids is 1. The normalized spacial score (nSPS) is 16.9. The van der Waals surface area contributed by atoms with Gasteiger partial charge in [-0.25, -0.2) is 0 Å². The monoisotopic (exact) mass is 268 g/mol. The number of aromatic nitrogens is 3. The Bertz CT molecular complexity index is 413. The summed E-state index contributed by atoms with van der Waals surface area (Å²) in [6.45, 7) is 2.83. The lowest BCUT2D eigenvalue weighted by atomic mass is 9.89. The molecule has 1 aromatic rings. The molecule has 0 atom stereocenters. The van der Waals surface area contributed by atoms with Gasteiger partial charge in [-0.2, -0.15) is 0 Å². The number of hydrogen-bond acceptors (Lipinski definition) is 5. The minimum atomic E-state index is -1.06. The maximum Gasteiger partial charge on any atom is 0.191 e. The molecule has 6 heteroatoms. The van der Waals surface area contributed by atoms with Crippen molar-refractivity contribution in [2.75, 3.05) is 5.75 Å². The van der Waals surface area contributed by atoms with E-state index in [1.807, 2.05) is 11.5 Å². The van der Waals surface area contributed by atoms with E-state index >= 15 is 0 Å². The lowest BCUT2D eigenvalue weighted by Gasteiger charge is -2.21. The second kappa shape index (κ2) is 6.22. The van der Waals surface area contributed by atoms with Crippen LogP contribution >= 0.6 is 11.8 Å². The quantitative estimate of drug-likeness (QED) is 0.750. The first kappa shape index (κ1) is 13.4. The van der Waals surface area contributed by atoms with Gasteiger partial charge in [0.2, 0.25) is 0 Å². The predicted octanol–water partition coefficient (Wildman–Crippen LogP) is 1.19. The highest BCUT2D eigenvalue weighted by atomic mass is 32.2. The highest BCUT2D eigenvalue weighted by Crippen LogP contribution is 2.33. The smallest absolute Gasteiger partial charge is 0.191 e. The summed E-state index contributed by atoms with van der Waals surface area (Å²) in [6.07, 6.45) is 6.15. The summed E-state index contributed by atoms with van der Waals surface area (Å²) in [5.41, 5.74) is 0. The van der Waals surface area contributed by atoms with E-state index in [4.69, 9.17) is 0 Å². The molecule has 0 unspecified atom stereocenters. The number of carboxylic acids is 1. The van der Waals surface area contributed by atoms with Crippen LogP contribution in [0.5, 0.6) is 0 Å². The zero-order chi connectivity index (χ0) is 13.0. The number of hydrogen-bond donors (Lipinski definition) is 0. The maximum absolute atomic E-state index is 10.5. The molecule has 1 aliphatic carbocycles. The van der Waals surface area contributed by atoms with Crippen molar-refractivity contribution >= 4 is 17.7 Å². The summed E-state index contributed by atoms with van der Waals surface area (Å²) >= 11 is 1.19. The fraction of sp³-hybridized carbons (Fsp3) is 0.750. The number of nitrogens with zero attached hydrogens (tertiary/aromatic N) is 3. The third kappa shape index (κ3) is 3.04. The van der Waals surface area contributed by atoms with E-state index in [9.17, 15) is 9.90 Å². The van der Waals surface area contributed by atoms with E-state index in [1.54, 1.807) is 0 Å². The fourth-order valence-corrected chi connectivity index (χ4v) is 3.21. The van der Waals surface area contributed by atoms with Gasteiger partial charge >= 0.3 is 0 Å². The molecular formula is C12H18N3O2S-. The van der Waals surface area contributed by atoms with Crippen molar-refractivity contribution in [1.29, 1.82) is 0 Å². The molecule has 1 saturated carbocycles. The molecule has 5 nitrogen and oxygen atoms in total. The largest absolute Gasteiger partial charge is 0.549 e. The van der Waals surface area contributed by atoms with Crippen molar-refractivity contribution in [3.63, 3.8) is 0 Å². The first-order valence-corrected chi connectivity index (χ1v) is 7.46. The minimum Gasteiger partial charge on any atom is -0.549 e. The Morgan fingerprint density at radius 1 is 1.39 bits per heavy atom. The van der Waals surface area contributed by atoms with Gasteiger partial charge in [-0.15, -0.1) is 10.2 Å². The molecule has 1 heterocycles. The molecule has 2 rings (SSSR count). The number of carboxylic acid groups (broad SMARTS) is 1. The van der Waals surface area contributed by atoms with Crippen molar-refractivity contribution in [3.05, 3.63) is 5.82 Å². The molecule has 1 fully saturated rings. The van der Waals surface area contributed by atoms with Gasteiger partial charge in [0.25, 0.3) is 0 Å². The predicted molar refractivity (Wildman–Crippen MR) is 67.3 cm³/mol. The van der Waals surface area contributed by atoms with Gasteiger partial charge in [0.1, 0.15) is 5.82 Å². The van der Waals surface area contributed by atoms with E-state index in [1.165, 1.54) is 43.9 Å². The Labute approximate surface area is 111 Å². The average Bonchev–Trinajstić information content (AvgIpc) is 2.80. The molecule has 0 N–H and O–H groups in total. The van der Waals surface area contributed by atoms with Crippen molar-refractivity contribution in [1.82, 2.24) is 14.8 Å². The summed E-state index contributed by atoms with van der Waals surface area (Å²) in [4.78, 5) is 10.5. The molecule has 1 aromatic heterocycles. The number of rotatable bonds is 5. The van der Waals surface area contributed by atoms with E-state index in [2.05, 4.69) is 10.2 Å². The maximum atomic E-state index is 10.5. The number of carbonyl (C=O) groups excluding carboxylic acids is 1. The van der Waals surface area contributed by atoms with Gasteiger partial charge in [0, 0.05) is 18.2 Å². The number of carbonyl (C=O) groups is 1. The Hall–Kier alpha value is -1.04. The van der Waals surface area contributed by atoms with Crippen molar-refractivity contribution < 1.29 is 9.90 Å². The second-order valence-corrected chi connectivity index (χ2v) is 5.52. The van der Waals surface area contributed by atoms with Crippen LogP contribution in [0.25, 0.3) is 0 Å². The van der Waals surface area contributed by atoms with Crippen LogP contribution in [-0.2, 0) is 11.3 Å². The lowest BCUT2D eigenvalue weighted by Crippen LogP contribution is -2.24. The fourth-order valence-electron chi connectivity index (χ4n) is 2.49. The zero-order valence-electron chi connectivity index (χ0n) is 10.6. The van der Waals surface area contributed by atoms with Gasteiger partial charge in [0.15, 0.2) is 5.16 Å². The van der Waals surface area contributed by atoms with Crippen LogP contribution in [0.1, 0.15) is 50.8 Å². The van der Waals surface area contributed by atoms with E-state index in [-0.39, 0.29) is 5.75 Å². The first-order chi connectivity index (χ1) is 8.72. The summed E-state index contributed by atoms with van der Waals surface area (Å²) in [6, 6.07) is 0. The molecular weight excluding hydrogens is 250 g/mol. The van der Waals surface area contributed by atoms with E-state index in [0.29, 0.717) is 11.1 Å². The highest BCUT2D eigenvalue weighted by Gasteiger charge is 2.22. The van der Waals surface area contributed by atoms with Gasteiger partial charge in [-0.1, -0.05) is 31.0 Å². The van der Waals surface area contributed by atoms with E-state index in [0.717, 1.165) is 12.4 Å². The molecule has 0 radical (unpaired) electrons. The number of thioether (sulfide) groups is 1. The highest BCUT2D eigenvalue weighted by molar-refractivity contribution is 7.99. The second-order valence-electron chi connectivity index (χ2n) is 4.58. The summed E-state index contributed by atoms with van der Waals surface area (Å²) in [7, 11) is 0. The molecule has 0 aromatic carbocycles. The van der Waals surface area contributed by atoms with Crippen LogP contribution in [0.4, 0.5) is 0 Å². The Balaban J connectivity index is 2.12. The van der Waals surface area contributed by atoms with Gasteiger partial charge in [-0.3, -0.25) is 0 Å². The van der Waals surface area contributed by atoms with Crippen LogP contribution < -0.4 is 5.11 Å². The van der Waals surface area contributed by atoms with Crippen LogP contribution in [0, 0.1) is 0 Å².